The van der Waals surface area contributed by atoms with Crippen LogP contribution in [0.1, 0.15) is 22.5 Å². The summed E-state index contributed by atoms with van der Waals surface area (Å²) >= 11 is 1.52. The molecule has 0 amide bonds. The summed E-state index contributed by atoms with van der Waals surface area (Å²) < 4.78 is 13.6. The van der Waals surface area contributed by atoms with Gasteiger partial charge in [-0.05, 0) is 37.6 Å². The van der Waals surface area contributed by atoms with E-state index >= 15 is 0 Å². The number of thioether (sulfide) groups is 1. The summed E-state index contributed by atoms with van der Waals surface area (Å²) in [4.78, 5) is 8.74. The molecule has 1 heterocycles. The van der Waals surface area contributed by atoms with Crippen LogP contribution in [-0.2, 0) is 5.75 Å². The lowest BCUT2D eigenvalue weighted by Gasteiger charge is -2.04. The molecule has 0 saturated carbocycles. The van der Waals surface area contributed by atoms with Gasteiger partial charge in [0.2, 0.25) is 0 Å². The molecular formula is C16H16FN3S. The number of rotatable bonds is 3. The van der Waals surface area contributed by atoms with Crippen LogP contribution >= 0.6 is 11.8 Å². The summed E-state index contributed by atoms with van der Waals surface area (Å²) in [6.45, 7) is 4.10. The third kappa shape index (κ3) is 4.55. The lowest BCUT2D eigenvalue weighted by atomic mass is 10.1. The number of nitrogens with zero attached hydrogens (tertiary/aromatic N) is 2. The summed E-state index contributed by atoms with van der Waals surface area (Å²) in [5.74, 6) is 5.75. The van der Waals surface area contributed by atoms with Crippen LogP contribution in [0.25, 0.3) is 0 Å². The highest BCUT2D eigenvalue weighted by atomic mass is 32.2. The lowest BCUT2D eigenvalue weighted by Crippen LogP contribution is -1.95. The van der Waals surface area contributed by atoms with Crippen molar-refractivity contribution in [3.8, 4) is 11.8 Å². The fourth-order valence-corrected chi connectivity index (χ4v) is 2.70. The molecule has 2 aromatic rings. The van der Waals surface area contributed by atoms with Crippen LogP contribution in [0.5, 0.6) is 0 Å². The Balaban J connectivity index is 2.13. The Bertz CT molecular complexity index is 684. The second-order valence-corrected chi connectivity index (χ2v) is 5.48. The van der Waals surface area contributed by atoms with E-state index in [9.17, 15) is 4.39 Å². The summed E-state index contributed by atoms with van der Waals surface area (Å²) in [5, 5.41) is 0.728. The van der Waals surface area contributed by atoms with Gasteiger partial charge < -0.3 is 5.73 Å². The molecule has 0 aliphatic heterocycles. The molecule has 2 N–H and O–H groups in total. The van der Waals surface area contributed by atoms with Crippen LogP contribution in [0.4, 0.5) is 4.39 Å². The van der Waals surface area contributed by atoms with Gasteiger partial charge in [-0.2, -0.15) is 0 Å². The van der Waals surface area contributed by atoms with Gasteiger partial charge in [0.05, 0.1) is 12.1 Å². The predicted octanol–water partition coefficient (Wildman–Crippen LogP) is 2.84. The Morgan fingerprint density at radius 3 is 2.57 bits per heavy atom. The summed E-state index contributed by atoms with van der Waals surface area (Å²) in [6.07, 6.45) is 0. The van der Waals surface area contributed by atoms with E-state index in [-0.39, 0.29) is 12.4 Å². The molecule has 3 nitrogen and oxygen atoms in total. The van der Waals surface area contributed by atoms with E-state index in [4.69, 9.17) is 5.73 Å². The second-order valence-electron chi connectivity index (χ2n) is 4.54. The zero-order chi connectivity index (χ0) is 15.2. The van der Waals surface area contributed by atoms with E-state index < -0.39 is 0 Å². The molecule has 0 saturated heterocycles. The average Bonchev–Trinajstić information content (AvgIpc) is 2.44. The molecule has 0 fully saturated rings. The summed E-state index contributed by atoms with van der Waals surface area (Å²) in [7, 11) is 0. The fourth-order valence-electron chi connectivity index (χ4n) is 1.81. The topological polar surface area (TPSA) is 51.8 Å². The highest BCUT2D eigenvalue weighted by molar-refractivity contribution is 7.98. The van der Waals surface area contributed by atoms with E-state index in [0.717, 1.165) is 22.1 Å². The molecule has 0 aliphatic rings. The van der Waals surface area contributed by atoms with Gasteiger partial charge >= 0.3 is 0 Å². The van der Waals surface area contributed by atoms with E-state index in [0.29, 0.717) is 11.3 Å². The first kappa shape index (κ1) is 15.5. The molecule has 0 unspecified atom stereocenters. The van der Waals surface area contributed by atoms with Gasteiger partial charge in [0.15, 0.2) is 5.16 Å². The Kier molecular flexibility index (Phi) is 5.32. The summed E-state index contributed by atoms with van der Waals surface area (Å²) in [5.41, 5.74) is 8.55. The molecule has 5 heteroatoms. The van der Waals surface area contributed by atoms with Crippen molar-refractivity contribution >= 4 is 11.8 Å². The molecule has 1 aromatic carbocycles. The van der Waals surface area contributed by atoms with Crippen molar-refractivity contribution in [2.24, 2.45) is 5.73 Å². The monoisotopic (exact) mass is 301 g/mol. The van der Waals surface area contributed by atoms with E-state index in [2.05, 4.69) is 21.8 Å². The smallest absolute Gasteiger partial charge is 0.188 e. The highest BCUT2D eigenvalue weighted by Crippen LogP contribution is 2.21. The van der Waals surface area contributed by atoms with Crippen LogP contribution in [0.3, 0.4) is 0 Å². The van der Waals surface area contributed by atoms with Gasteiger partial charge in [0.1, 0.15) is 5.82 Å². The zero-order valence-electron chi connectivity index (χ0n) is 12.0. The SMILES string of the molecule is Cc1cc(C)nc(SCc2ccc(F)c(C#CCN)c2)n1. The highest BCUT2D eigenvalue weighted by Gasteiger charge is 2.04. The van der Waals surface area contributed by atoms with Crippen molar-refractivity contribution in [2.75, 3.05) is 6.54 Å². The number of benzene rings is 1. The minimum Gasteiger partial charge on any atom is -0.320 e. The van der Waals surface area contributed by atoms with Crippen LogP contribution < -0.4 is 5.73 Å². The van der Waals surface area contributed by atoms with E-state index in [1.807, 2.05) is 19.9 Å². The molecule has 2 rings (SSSR count). The number of hydrogen-bond acceptors (Lipinski definition) is 4. The quantitative estimate of drug-likeness (QED) is 0.538. The van der Waals surface area contributed by atoms with Crippen LogP contribution in [0.15, 0.2) is 29.4 Å². The lowest BCUT2D eigenvalue weighted by molar-refractivity contribution is 0.624. The Hall–Kier alpha value is -1.90. The fraction of sp³-hybridized carbons (Fsp3) is 0.250. The standard InChI is InChI=1S/C16H16FN3S/c1-11-8-12(2)20-16(19-11)21-10-13-5-6-15(17)14(9-13)4-3-7-18/h5-6,8-9H,7,10,18H2,1-2H3. The molecule has 0 atom stereocenters. The van der Waals surface area contributed by atoms with Crippen molar-refractivity contribution < 1.29 is 4.39 Å². The molecule has 0 aliphatic carbocycles. The van der Waals surface area contributed by atoms with Gasteiger partial charge in [0, 0.05) is 17.1 Å². The van der Waals surface area contributed by atoms with E-state index in [1.165, 1.54) is 17.8 Å². The first-order valence-corrected chi connectivity index (χ1v) is 7.49. The Morgan fingerprint density at radius 1 is 1.19 bits per heavy atom. The number of halogens is 1. The second kappa shape index (κ2) is 7.21. The molecule has 0 spiro atoms. The van der Waals surface area contributed by atoms with Gasteiger partial charge in [0.25, 0.3) is 0 Å². The zero-order valence-corrected chi connectivity index (χ0v) is 12.8. The average molecular weight is 301 g/mol. The van der Waals surface area contributed by atoms with Crippen molar-refractivity contribution in [3.63, 3.8) is 0 Å². The first-order chi connectivity index (χ1) is 10.1. The van der Waals surface area contributed by atoms with Crippen LogP contribution in [0.2, 0.25) is 0 Å². The van der Waals surface area contributed by atoms with Gasteiger partial charge in [-0.15, -0.1) is 0 Å². The van der Waals surface area contributed by atoms with Gasteiger partial charge in [-0.1, -0.05) is 29.7 Å². The van der Waals surface area contributed by atoms with Crippen molar-refractivity contribution in [1.82, 2.24) is 9.97 Å². The largest absolute Gasteiger partial charge is 0.320 e. The number of aromatic nitrogens is 2. The number of aryl methyl sites for hydroxylation is 2. The molecular weight excluding hydrogens is 285 g/mol. The number of nitrogens with two attached hydrogens (primary N) is 1. The minimum atomic E-state index is -0.327. The van der Waals surface area contributed by atoms with Crippen LogP contribution in [0, 0.1) is 31.5 Å². The third-order valence-corrected chi connectivity index (χ3v) is 3.60. The Labute approximate surface area is 128 Å². The molecule has 21 heavy (non-hydrogen) atoms. The predicted molar refractivity (Wildman–Crippen MR) is 83.4 cm³/mol. The van der Waals surface area contributed by atoms with E-state index in [1.54, 1.807) is 12.1 Å². The van der Waals surface area contributed by atoms with Crippen LogP contribution in [-0.4, -0.2) is 16.5 Å². The first-order valence-electron chi connectivity index (χ1n) is 6.51. The van der Waals surface area contributed by atoms with Crippen molar-refractivity contribution in [2.45, 2.75) is 24.8 Å². The van der Waals surface area contributed by atoms with Gasteiger partial charge in [-0.3, -0.25) is 0 Å². The third-order valence-electron chi connectivity index (χ3n) is 2.69. The molecule has 1 aromatic heterocycles. The van der Waals surface area contributed by atoms with Crippen molar-refractivity contribution in [3.05, 3.63) is 52.6 Å². The number of hydrogen-bond donors (Lipinski definition) is 1. The molecule has 108 valence electrons. The maximum Gasteiger partial charge on any atom is 0.188 e. The normalized spacial score (nSPS) is 10.1. The van der Waals surface area contributed by atoms with Gasteiger partial charge in [-0.25, -0.2) is 14.4 Å². The molecule has 0 bridgehead atoms. The maximum absolute atomic E-state index is 13.6. The Morgan fingerprint density at radius 2 is 1.90 bits per heavy atom. The molecule has 0 radical (unpaired) electrons. The maximum atomic E-state index is 13.6. The minimum absolute atomic E-state index is 0.217. The summed E-state index contributed by atoms with van der Waals surface area (Å²) in [6, 6.07) is 6.85. The van der Waals surface area contributed by atoms with Crippen molar-refractivity contribution in [1.29, 1.82) is 0 Å².